The Hall–Kier alpha value is -1.34. The monoisotopic (exact) mass is 160 g/mol. The lowest BCUT2D eigenvalue weighted by Gasteiger charge is -1.98. The first-order valence-corrected chi connectivity index (χ1v) is 1.78. The molecular formula is C2F4N2O2. The minimum Gasteiger partial charge on any atom is -0.258 e. The van der Waals surface area contributed by atoms with Gasteiger partial charge >= 0.3 is 11.8 Å². The fraction of sp³-hybridized carbons (Fsp3) is 0. The third-order valence-electron chi connectivity index (χ3n) is 0.490. The van der Waals surface area contributed by atoms with Gasteiger partial charge in [0.2, 0.25) is 0 Å². The van der Waals surface area contributed by atoms with E-state index >= 15 is 0 Å². The molecule has 0 N–H and O–H groups in total. The van der Waals surface area contributed by atoms with Crippen LogP contribution in [0, 0.1) is 0 Å². The largest absolute Gasteiger partial charge is 0.376 e. The van der Waals surface area contributed by atoms with Crippen LogP contribution in [-0.4, -0.2) is 22.5 Å². The van der Waals surface area contributed by atoms with Gasteiger partial charge in [-0.05, 0) is 0 Å². The maximum atomic E-state index is 10.9. The van der Waals surface area contributed by atoms with Crippen molar-refractivity contribution in [1.29, 1.82) is 0 Å². The van der Waals surface area contributed by atoms with Gasteiger partial charge in [0.1, 0.15) is 0 Å². The number of halogens is 4. The number of carbonyl (C=O) groups is 2. The Kier molecular flexibility index (Phi) is 2.59. The summed E-state index contributed by atoms with van der Waals surface area (Å²) in [5.41, 5.74) is 0. The third-order valence-corrected chi connectivity index (χ3v) is 0.490. The Balaban J connectivity index is 4.10. The number of nitrogens with zero attached hydrogens (tertiary/aromatic N) is 2. The average Bonchev–Trinajstić information content (AvgIpc) is 1.84. The molecule has 0 unspecified atom stereocenters. The van der Waals surface area contributed by atoms with Crippen LogP contribution in [0.5, 0.6) is 0 Å². The molecule has 0 fully saturated rings. The van der Waals surface area contributed by atoms with Crippen molar-refractivity contribution in [2.45, 2.75) is 0 Å². The van der Waals surface area contributed by atoms with Crippen molar-refractivity contribution in [1.82, 2.24) is 10.7 Å². The second-order valence-corrected chi connectivity index (χ2v) is 1.08. The van der Waals surface area contributed by atoms with Gasteiger partial charge in [-0.25, -0.2) is 0 Å². The molecule has 0 aliphatic rings. The van der Waals surface area contributed by atoms with Gasteiger partial charge in [-0.15, -0.1) is 0 Å². The predicted octanol–water partition coefficient (Wildman–Crippen LogP) is 0.182. The van der Waals surface area contributed by atoms with Crippen molar-refractivity contribution in [2.75, 3.05) is 0 Å². The molecule has 8 heteroatoms. The van der Waals surface area contributed by atoms with E-state index in [-0.39, 0.29) is 0 Å². The molecule has 0 saturated carbocycles. The van der Waals surface area contributed by atoms with Gasteiger partial charge in [-0.3, -0.25) is 9.59 Å². The zero-order valence-electron chi connectivity index (χ0n) is 4.22. The summed E-state index contributed by atoms with van der Waals surface area (Å²) in [6.45, 7) is 0. The molecule has 0 aromatic heterocycles. The molecule has 58 valence electrons. The van der Waals surface area contributed by atoms with Gasteiger partial charge in [0.25, 0.3) is 0 Å². The fourth-order valence-electron chi connectivity index (χ4n) is 0.145. The number of carbonyl (C=O) groups excluding carboxylic acids is 2. The van der Waals surface area contributed by atoms with Crippen LogP contribution in [0.25, 0.3) is 0 Å². The molecule has 2 amide bonds. The summed E-state index contributed by atoms with van der Waals surface area (Å²) in [6.07, 6.45) is 0. The van der Waals surface area contributed by atoms with Gasteiger partial charge in [-0.2, -0.15) is 0 Å². The van der Waals surface area contributed by atoms with Crippen LogP contribution in [0.15, 0.2) is 0 Å². The first-order chi connectivity index (χ1) is 4.46. The molecule has 0 atom stereocenters. The van der Waals surface area contributed by atoms with Crippen molar-refractivity contribution in [2.24, 2.45) is 0 Å². The van der Waals surface area contributed by atoms with E-state index in [4.69, 9.17) is 0 Å². The highest BCUT2D eigenvalue weighted by atomic mass is 19.4. The quantitative estimate of drug-likeness (QED) is 0.288. The van der Waals surface area contributed by atoms with Gasteiger partial charge in [-0.1, -0.05) is 17.9 Å². The summed E-state index contributed by atoms with van der Waals surface area (Å²) >= 11 is 0. The second-order valence-electron chi connectivity index (χ2n) is 1.08. The second kappa shape index (κ2) is 2.99. The molecule has 0 radical (unpaired) electrons. The lowest BCUT2D eigenvalue weighted by Crippen LogP contribution is -2.31. The Morgan fingerprint density at radius 3 is 1.10 bits per heavy atom. The Morgan fingerprint density at radius 1 is 0.800 bits per heavy atom. The third kappa shape index (κ3) is 1.88. The van der Waals surface area contributed by atoms with Gasteiger partial charge in [0.05, 0.1) is 0 Å². The van der Waals surface area contributed by atoms with E-state index in [0.717, 1.165) is 0 Å². The summed E-state index contributed by atoms with van der Waals surface area (Å²) in [5.74, 6) is -5.16. The van der Waals surface area contributed by atoms with Gasteiger partial charge in [0, 0.05) is 10.7 Å². The van der Waals surface area contributed by atoms with Crippen LogP contribution in [-0.2, 0) is 9.59 Å². The van der Waals surface area contributed by atoms with E-state index in [9.17, 15) is 27.5 Å². The molecular weight excluding hydrogens is 160 g/mol. The van der Waals surface area contributed by atoms with Crippen molar-refractivity contribution in [3.63, 3.8) is 0 Å². The van der Waals surface area contributed by atoms with Crippen molar-refractivity contribution >= 4 is 11.8 Å². The Bertz CT molecular complexity index is 139. The van der Waals surface area contributed by atoms with E-state index in [1.165, 1.54) is 0 Å². The minimum atomic E-state index is -2.58. The lowest BCUT2D eigenvalue weighted by atomic mass is 10.6. The van der Waals surface area contributed by atoms with Crippen LogP contribution in [0.2, 0.25) is 0 Å². The van der Waals surface area contributed by atoms with E-state index in [0.29, 0.717) is 0 Å². The molecule has 0 aliphatic carbocycles. The van der Waals surface area contributed by atoms with Crippen LogP contribution in [0.3, 0.4) is 0 Å². The van der Waals surface area contributed by atoms with Crippen LogP contribution in [0.1, 0.15) is 0 Å². The summed E-state index contributed by atoms with van der Waals surface area (Å²) in [4.78, 5) is 19.2. The molecule has 0 aromatic rings. The first-order valence-electron chi connectivity index (χ1n) is 1.78. The fourth-order valence-corrected chi connectivity index (χ4v) is 0.145. The van der Waals surface area contributed by atoms with Crippen molar-refractivity contribution in [3.8, 4) is 0 Å². The molecule has 4 nitrogen and oxygen atoms in total. The smallest absolute Gasteiger partial charge is 0.258 e. The predicted molar refractivity (Wildman–Crippen MR) is 18.1 cm³/mol. The average molecular weight is 160 g/mol. The van der Waals surface area contributed by atoms with Crippen molar-refractivity contribution in [3.05, 3.63) is 0 Å². The van der Waals surface area contributed by atoms with E-state index in [1.807, 2.05) is 0 Å². The van der Waals surface area contributed by atoms with E-state index in [2.05, 4.69) is 0 Å². The molecule has 10 heavy (non-hydrogen) atoms. The van der Waals surface area contributed by atoms with Crippen LogP contribution in [0.4, 0.5) is 17.9 Å². The number of hydrogen-bond donors (Lipinski definition) is 0. The maximum absolute atomic E-state index is 10.9. The zero-order chi connectivity index (χ0) is 8.31. The maximum Gasteiger partial charge on any atom is 0.376 e. The highest BCUT2D eigenvalue weighted by Gasteiger charge is 2.28. The molecule has 0 heterocycles. The van der Waals surface area contributed by atoms with Gasteiger partial charge < -0.3 is 0 Å². The highest BCUT2D eigenvalue weighted by molar-refractivity contribution is 6.33. The highest BCUT2D eigenvalue weighted by Crippen LogP contribution is 1.97. The van der Waals surface area contributed by atoms with Crippen LogP contribution >= 0.6 is 0 Å². The number of hydrogen-bond acceptors (Lipinski definition) is 2. The van der Waals surface area contributed by atoms with Gasteiger partial charge in [0.15, 0.2) is 0 Å². The van der Waals surface area contributed by atoms with Crippen molar-refractivity contribution < 1.29 is 27.5 Å². The number of amides is 2. The van der Waals surface area contributed by atoms with E-state index in [1.54, 1.807) is 0 Å². The molecule has 0 spiro atoms. The summed E-state index contributed by atoms with van der Waals surface area (Å²) < 4.78 is 43.8. The summed E-state index contributed by atoms with van der Waals surface area (Å²) in [5, 5.41) is -4.46. The first kappa shape index (κ1) is 8.66. The normalized spacial score (nSPS) is 8.80. The molecule has 0 rings (SSSR count). The SMILES string of the molecule is O=C(C(=O)N(F)F)N(F)F. The Labute approximate surface area is 51.4 Å². The lowest BCUT2D eigenvalue weighted by molar-refractivity contribution is -0.212. The summed E-state index contributed by atoms with van der Waals surface area (Å²) in [7, 11) is 0. The molecule has 0 saturated heterocycles. The molecule has 0 aromatic carbocycles. The molecule has 0 aliphatic heterocycles. The minimum absolute atomic E-state index is 2.23. The summed E-state index contributed by atoms with van der Waals surface area (Å²) in [6, 6.07) is 0. The zero-order valence-corrected chi connectivity index (χ0v) is 4.22. The van der Waals surface area contributed by atoms with Crippen LogP contribution < -0.4 is 0 Å². The standard InChI is InChI=1S/C2F4N2O2/c3-7(4)1(9)2(10)8(5)6. The molecule has 0 bridgehead atoms. The number of rotatable bonds is 0. The van der Waals surface area contributed by atoms with E-state index < -0.39 is 22.5 Å². The topological polar surface area (TPSA) is 40.6 Å². The Morgan fingerprint density at radius 2 is 1.00 bits per heavy atom.